The van der Waals surface area contributed by atoms with E-state index in [4.69, 9.17) is 11.6 Å². The first-order chi connectivity index (χ1) is 7.03. The first-order valence-electron chi connectivity index (χ1n) is 5.28. The summed E-state index contributed by atoms with van der Waals surface area (Å²) in [5.74, 6) is 0.687. The van der Waals surface area contributed by atoms with Gasteiger partial charge in [0.1, 0.15) is 0 Å². The first-order valence-corrected chi connectivity index (χ1v) is 5.81. The molecule has 1 aromatic heterocycles. The van der Waals surface area contributed by atoms with Crippen molar-refractivity contribution in [3.8, 4) is 0 Å². The SMILES string of the molecule is Cn1cc(CCNCC(C)(C)CCl)cn1. The fraction of sp³-hybridized carbons (Fsp3) is 0.727. The van der Waals surface area contributed by atoms with Gasteiger partial charge >= 0.3 is 0 Å². The van der Waals surface area contributed by atoms with Crippen molar-refractivity contribution in [1.82, 2.24) is 15.1 Å². The van der Waals surface area contributed by atoms with Crippen LogP contribution in [0, 0.1) is 5.41 Å². The summed E-state index contributed by atoms with van der Waals surface area (Å²) in [6, 6.07) is 0. The van der Waals surface area contributed by atoms with E-state index in [2.05, 4.69) is 24.3 Å². The molecule has 0 bridgehead atoms. The molecule has 0 aliphatic carbocycles. The van der Waals surface area contributed by atoms with Gasteiger partial charge in [0.15, 0.2) is 0 Å². The van der Waals surface area contributed by atoms with Crippen LogP contribution in [0.25, 0.3) is 0 Å². The zero-order valence-corrected chi connectivity index (χ0v) is 10.5. The molecule has 0 saturated heterocycles. The predicted molar refractivity (Wildman–Crippen MR) is 64.3 cm³/mol. The fourth-order valence-corrected chi connectivity index (χ4v) is 1.40. The number of hydrogen-bond donors (Lipinski definition) is 1. The molecule has 0 atom stereocenters. The van der Waals surface area contributed by atoms with Crippen LogP contribution < -0.4 is 5.32 Å². The highest BCUT2D eigenvalue weighted by atomic mass is 35.5. The molecule has 1 rings (SSSR count). The minimum atomic E-state index is 0.177. The average Bonchev–Trinajstić information content (AvgIpc) is 2.59. The van der Waals surface area contributed by atoms with Gasteiger partial charge in [0.05, 0.1) is 6.20 Å². The zero-order chi connectivity index (χ0) is 11.3. The summed E-state index contributed by atoms with van der Waals surface area (Å²) < 4.78 is 1.83. The van der Waals surface area contributed by atoms with Gasteiger partial charge in [0, 0.05) is 25.7 Å². The maximum absolute atomic E-state index is 5.84. The molecule has 1 heterocycles. The lowest BCUT2D eigenvalue weighted by Crippen LogP contribution is -2.31. The second-order valence-electron chi connectivity index (χ2n) is 4.75. The van der Waals surface area contributed by atoms with Gasteiger partial charge in [-0.15, -0.1) is 11.6 Å². The van der Waals surface area contributed by atoms with Gasteiger partial charge in [-0.05, 0) is 23.9 Å². The summed E-state index contributed by atoms with van der Waals surface area (Å²) in [7, 11) is 1.94. The summed E-state index contributed by atoms with van der Waals surface area (Å²) in [5.41, 5.74) is 1.45. The van der Waals surface area contributed by atoms with Gasteiger partial charge in [0.2, 0.25) is 0 Å². The number of aromatic nitrogens is 2. The van der Waals surface area contributed by atoms with Gasteiger partial charge < -0.3 is 5.32 Å². The van der Waals surface area contributed by atoms with Crippen LogP contribution in [-0.2, 0) is 13.5 Å². The van der Waals surface area contributed by atoms with Crippen LogP contribution in [0.4, 0.5) is 0 Å². The molecule has 0 aliphatic heterocycles. The third kappa shape index (κ3) is 4.67. The molecule has 4 heteroatoms. The number of nitrogens with zero attached hydrogens (tertiary/aromatic N) is 2. The van der Waals surface area contributed by atoms with Crippen molar-refractivity contribution in [2.24, 2.45) is 12.5 Å². The summed E-state index contributed by atoms with van der Waals surface area (Å²) >= 11 is 5.84. The van der Waals surface area contributed by atoms with Crippen molar-refractivity contribution in [1.29, 1.82) is 0 Å². The quantitative estimate of drug-likeness (QED) is 0.596. The standard InChI is InChI=1S/C11H20ClN3/c1-11(2,8-12)9-13-5-4-10-6-14-15(3)7-10/h6-7,13H,4-5,8-9H2,1-3H3. The predicted octanol–water partition coefficient (Wildman–Crippen LogP) is 1.82. The number of rotatable bonds is 6. The maximum atomic E-state index is 5.84. The third-order valence-corrected chi connectivity index (χ3v) is 3.04. The maximum Gasteiger partial charge on any atom is 0.0522 e. The number of hydrogen-bond acceptors (Lipinski definition) is 2. The molecule has 0 aromatic carbocycles. The Morgan fingerprint density at radius 1 is 1.53 bits per heavy atom. The van der Waals surface area contributed by atoms with E-state index in [1.54, 1.807) is 0 Å². The van der Waals surface area contributed by atoms with Crippen LogP contribution in [0.3, 0.4) is 0 Å². The van der Waals surface area contributed by atoms with Crippen LogP contribution >= 0.6 is 11.6 Å². The molecule has 1 N–H and O–H groups in total. The molecule has 0 fully saturated rings. The summed E-state index contributed by atoms with van der Waals surface area (Å²) in [5, 5.41) is 7.54. The Balaban J connectivity index is 2.17. The Labute approximate surface area is 96.8 Å². The van der Waals surface area contributed by atoms with Gasteiger partial charge in [0.25, 0.3) is 0 Å². The largest absolute Gasteiger partial charge is 0.316 e. The summed E-state index contributed by atoms with van der Waals surface area (Å²) in [6.45, 7) is 6.26. The van der Waals surface area contributed by atoms with Crippen molar-refractivity contribution >= 4 is 11.6 Å². The first kappa shape index (κ1) is 12.5. The van der Waals surface area contributed by atoms with Gasteiger partial charge in [-0.2, -0.15) is 5.10 Å². The molecule has 0 spiro atoms. The second kappa shape index (κ2) is 5.52. The Kier molecular flexibility index (Phi) is 4.61. The van der Waals surface area contributed by atoms with Gasteiger partial charge in [-0.1, -0.05) is 13.8 Å². The van der Waals surface area contributed by atoms with E-state index in [1.165, 1.54) is 5.56 Å². The van der Waals surface area contributed by atoms with Gasteiger partial charge in [-0.3, -0.25) is 4.68 Å². The average molecular weight is 230 g/mol. The van der Waals surface area contributed by atoms with Crippen molar-refractivity contribution in [3.05, 3.63) is 18.0 Å². The number of halogens is 1. The third-order valence-electron chi connectivity index (χ3n) is 2.31. The Hall–Kier alpha value is -0.540. The molecule has 0 unspecified atom stereocenters. The van der Waals surface area contributed by atoms with Crippen molar-refractivity contribution in [3.63, 3.8) is 0 Å². The summed E-state index contributed by atoms with van der Waals surface area (Å²) in [4.78, 5) is 0. The molecule has 1 aromatic rings. The van der Waals surface area contributed by atoms with Crippen molar-refractivity contribution in [2.75, 3.05) is 19.0 Å². The number of alkyl halides is 1. The lowest BCUT2D eigenvalue weighted by atomic mass is 9.96. The number of aryl methyl sites for hydroxylation is 1. The Bertz CT molecular complexity index is 294. The molecular weight excluding hydrogens is 210 g/mol. The fourth-order valence-electron chi connectivity index (χ4n) is 1.31. The summed E-state index contributed by atoms with van der Waals surface area (Å²) in [6.07, 6.45) is 4.98. The highest BCUT2D eigenvalue weighted by Gasteiger charge is 2.14. The van der Waals surface area contributed by atoms with E-state index >= 15 is 0 Å². The molecule has 0 saturated carbocycles. The topological polar surface area (TPSA) is 29.9 Å². The zero-order valence-electron chi connectivity index (χ0n) is 9.76. The minimum absolute atomic E-state index is 0.177. The minimum Gasteiger partial charge on any atom is -0.316 e. The normalized spacial score (nSPS) is 12.0. The van der Waals surface area contributed by atoms with E-state index < -0.39 is 0 Å². The van der Waals surface area contributed by atoms with E-state index in [-0.39, 0.29) is 5.41 Å². The van der Waals surface area contributed by atoms with Gasteiger partial charge in [-0.25, -0.2) is 0 Å². The molecule has 0 aliphatic rings. The van der Waals surface area contributed by atoms with E-state index in [0.29, 0.717) is 5.88 Å². The number of nitrogens with one attached hydrogen (secondary N) is 1. The van der Waals surface area contributed by atoms with Crippen LogP contribution in [0.15, 0.2) is 12.4 Å². The lowest BCUT2D eigenvalue weighted by Gasteiger charge is -2.21. The molecule has 0 radical (unpaired) electrons. The van der Waals surface area contributed by atoms with E-state index in [9.17, 15) is 0 Å². The second-order valence-corrected chi connectivity index (χ2v) is 5.01. The lowest BCUT2D eigenvalue weighted by molar-refractivity contribution is 0.387. The Morgan fingerprint density at radius 2 is 2.27 bits per heavy atom. The van der Waals surface area contributed by atoms with E-state index in [0.717, 1.165) is 19.5 Å². The van der Waals surface area contributed by atoms with Crippen LogP contribution in [-0.4, -0.2) is 28.8 Å². The van der Waals surface area contributed by atoms with Crippen LogP contribution in [0.5, 0.6) is 0 Å². The molecule has 0 amide bonds. The van der Waals surface area contributed by atoms with Crippen LogP contribution in [0.1, 0.15) is 19.4 Å². The monoisotopic (exact) mass is 229 g/mol. The molecule has 86 valence electrons. The molecular formula is C11H20ClN3. The van der Waals surface area contributed by atoms with Crippen LogP contribution in [0.2, 0.25) is 0 Å². The highest BCUT2D eigenvalue weighted by molar-refractivity contribution is 6.18. The van der Waals surface area contributed by atoms with E-state index in [1.807, 2.05) is 24.1 Å². The smallest absolute Gasteiger partial charge is 0.0522 e. The highest BCUT2D eigenvalue weighted by Crippen LogP contribution is 2.14. The van der Waals surface area contributed by atoms with Crippen molar-refractivity contribution in [2.45, 2.75) is 20.3 Å². The Morgan fingerprint density at radius 3 is 2.80 bits per heavy atom. The van der Waals surface area contributed by atoms with Crippen molar-refractivity contribution < 1.29 is 0 Å². The molecule has 3 nitrogen and oxygen atoms in total. The molecule has 15 heavy (non-hydrogen) atoms.